The first kappa shape index (κ1) is 35.7. The number of nitrogens with zero attached hydrogens (tertiary/aromatic N) is 4. The lowest BCUT2D eigenvalue weighted by Crippen LogP contribution is -2.58. The van der Waals surface area contributed by atoms with Crippen molar-refractivity contribution in [2.24, 2.45) is 17.8 Å². The Morgan fingerprint density at radius 3 is 2.38 bits per heavy atom. The van der Waals surface area contributed by atoms with Crippen LogP contribution in [0.1, 0.15) is 70.9 Å². The van der Waals surface area contributed by atoms with Crippen LogP contribution in [0.25, 0.3) is 10.9 Å². The van der Waals surface area contributed by atoms with Gasteiger partial charge < -0.3 is 24.8 Å². The van der Waals surface area contributed by atoms with Gasteiger partial charge in [0.15, 0.2) is 6.23 Å². The van der Waals surface area contributed by atoms with E-state index in [-0.39, 0.29) is 76.6 Å². The fraction of sp³-hybridized carbons (Fsp3) is 0.676. The number of halogens is 4. The summed E-state index contributed by atoms with van der Waals surface area (Å²) in [7, 11) is 3.57. The second kappa shape index (κ2) is 13.7. The first-order valence-corrected chi connectivity index (χ1v) is 17.4. The number of piperazine rings is 1. The zero-order valence-electron chi connectivity index (χ0n) is 28.2. The summed E-state index contributed by atoms with van der Waals surface area (Å²) in [6.07, 6.45) is -1.89. The van der Waals surface area contributed by atoms with Crippen LogP contribution in [0.4, 0.5) is 13.2 Å². The number of rotatable bonds is 2. The van der Waals surface area contributed by atoms with E-state index in [2.05, 4.69) is 46.9 Å². The van der Waals surface area contributed by atoms with Crippen LogP contribution in [-0.2, 0) is 31.8 Å². The van der Waals surface area contributed by atoms with Gasteiger partial charge in [-0.3, -0.25) is 14.4 Å². The number of amides is 3. The lowest BCUT2D eigenvalue weighted by molar-refractivity contribution is -0.202. The number of carbonyl (C=O) groups excluding carboxylic acids is 3. The van der Waals surface area contributed by atoms with Crippen LogP contribution in [0.2, 0.25) is 0 Å². The van der Waals surface area contributed by atoms with Crippen molar-refractivity contribution in [3.8, 4) is 0 Å². The zero-order chi connectivity index (χ0) is 34.5. The zero-order valence-corrected chi connectivity index (χ0v) is 29.8. The minimum Gasteiger partial charge on any atom is -0.359 e. The highest BCUT2D eigenvalue weighted by molar-refractivity contribution is 9.10. The van der Waals surface area contributed by atoms with Gasteiger partial charge in [0.05, 0.1) is 22.1 Å². The molecule has 7 rings (SSSR count). The number of hydrogen-bond donors (Lipinski definition) is 1. The van der Waals surface area contributed by atoms with E-state index in [4.69, 9.17) is 4.74 Å². The largest absolute Gasteiger partial charge is 0.489 e. The highest BCUT2D eigenvalue weighted by atomic mass is 79.9. The molecule has 4 aliphatic heterocycles. The van der Waals surface area contributed by atoms with E-state index in [1.807, 2.05) is 31.9 Å². The topological polar surface area (TPSA) is 87.1 Å². The number of ether oxygens (including phenoxy) is 1. The number of likely N-dealkylation sites (tertiary alicyclic amines) is 1. The van der Waals surface area contributed by atoms with E-state index >= 15 is 0 Å². The van der Waals surface area contributed by atoms with E-state index in [9.17, 15) is 27.6 Å². The monoisotopic (exact) mass is 725 g/mol. The standard InChI is InChI=1S/C18H19BrF3N3O.C12H18N2O3.C4H10/c1-23-17(26)9-6-11-10-4-3-5-13-15(10)12(7-14(11)24(2)8-9)16(19)25(13)18(20,21)22;1-7(2)10-11(16)14-6-9(15)13-5-3-4-8(13)12(14)17-10;1-4(2)3/h3-5,9,11,14H,6-8H2,1-2H3,(H,23,26);7-8,10,12H,3-6H2,1-2H3;4H,1-3H3/t;8-,10?,12?;/m.0./s1. The Balaban J connectivity index is 0.000000177. The summed E-state index contributed by atoms with van der Waals surface area (Å²) in [6.45, 7) is 12.1. The summed E-state index contributed by atoms with van der Waals surface area (Å²) in [4.78, 5) is 41.9. The van der Waals surface area contributed by atoms with Crippen molar-refractivity contribution in [1.29, 1.82) is 0 Å². The van der Waals surface area contributed by atoms with Crippen LogP contribution in [0.5, 0.6) is 0 Å². The molecule has 13 heteroatoms. The molecule has 5 aliphatic rings. The maximum absolute atomic E-state index is 13.6. The summed E-state index contributed by atoms with van der Waals surface area (Å²) in [5.74, 6) is 0.940. The molecule has 5 heterocycles. The molecular formula is C34H47BrF3N5O4. The molecule has 260 valence electrons. The normalized spacial score (nSPS) is 28.4. The van der Waals surface area contributed by atoms with Crippen molar-refractivity contribution in [2.45, 2.75) is 96.9 Å². The highest BCUT2D eigenvalue weighted by Crippen LogP contribution is 2.49. The molecule has 1 N–H and O–H groups in total. The van der Waals surface area contributed by atoms with Gasteiger partial charge in [0.25, 0.3) is 5.91 Å². The molecule has 2 aromatic rings. The Morgan fingerprint density at radius 2 is 1.77 bits per heavy atom. The number of hydrogen-bond acceptors (Lipinski definition) is 5. The predicted molar refractivity (Wildman–Crippen MR) is 176 cm³/mol. The molecule has 9 nitrogen and oxygen atoms in total. The van der Waals surface area contributed by atoms with Crippen LogP contribution < -0.4 is 5.32 Å². The van der Waals surface area contributed by atoms with Gasteiger partial charge in [-0.1, -0.05) is 46.8 Å². The van der Waals surface area contributed by atoms with Crippen LogP contribution in [-0.4, -0.2) is 95.1 Å². The minimum atomic E-state index is -4.49. The summed E-state index contributed by atoms with van der Waals surface area (Å²) >= 11 is 3.20. The summed E-state index contributed by atoms with van der Waals surface area (Å²) in [6, 6.07) is 5.29. The Hall–Kier alpha value is -2.64. The van der Waals surface area contributed by atoms with Crippen LogP contribution >= 0.6 is 15.9 Å². The lowest BCUT2D eigenvalue weighted by Gasteiger charge is -2.45. The summed E-state index contributed by atoms with van der Waals surface area (Å²) in [5, 5.41) is 3.39. The molecule has 0 radical (unpaired) electrons. The molecule has 4 fully saturated rings. The summed E-state index contributed by atoms with van der Waals surface area (Å²) in [5.41, 5.74) is 1.80. The number of nitrogens with one attached hydrogen (secondary N) is 1. The maximum Gasteiger partial charge on any atom is 0.489 e. The van der Waals surface area contributed by atoms with Crippen LogP contribution in [0.15, 0.2) is 22.8 Å². The fourth-order valence-corrected chi connectivity index (χ4v) is 8.59. The Kier molecular flexibility index (Phi) is 10.4. The molecule has 4 saturated heterocycles. The number of alkyl halides is 3. The van der Waals surface area contributed by atoms with Gasteiger partial charge in [0, 0.05) is 37.5 Å². The number of aromatic nitrogens is 1. The SMILES string of the molecule is CC(C)C.CC(C)C1OC2[C@@H]3CCCN3C(=O)CN2C1=O.CNC(=O)C1CC2c3cccc4c3c(c(Br)n4C(F)(F)F)CC2N(C)C1. The minimum absolute atomic E-state index is 0.00935. The molecule has 47 heavy (non-hydrogen) atoms. The van der Waals surface area contributed by atoms with E-state index < -0.39 is 6.30 Å². The van der Waals surface area contributed by atoms with Crippen molar-refractivity contribution in [3.05, 3.63) is 33.9 Å². The first-order valence-electron chi connectivity index (χ1n) is 16.6. The number of fused-ring (bicyclic) bond motifs is 5. The number of benzene rings is 1. The molecule has 3 amide bonds. The fourth-order valence-electron chi connectivity index (χ4n) is 7.84. The predicted octanol–water partition coefficient (Wildman–Crippen LogP) is 5.45. The molecule has 0 saturated carbocycles. The lowest BCUT2D eigenvalue weighted by atomic mass is 9.72. The number of carbonyl (C=O) groups is 3. The second-order valence-electron chi connectivity index (χ2n) is 14.4. The van der Waals surface area contributed by atoms with Gasteiger partial charge in [0.1, 0.15) is 12.6 Å². The quantitative estimate of drug-likeness (QED) is 0.446. The van der Waals surface area contributed by atoms with Gasteiger partial charge in [-0.25, -0.2) is 4.57 Å². The van der Waals surface area contributed by atoms with E-state index in [0.29, 0.717) is 34.9 Å². The number of piperidine rings is 1. The van der Waals surface area contributed by atoms with E-state index in [1.54, 1.807) is 18.0 Å². The maximum atomic E-state index is 13.6. The van der Waals surface area contributed by atoms with Crippen molar-refractivity contribution >= 4 is 44.6 Å². The molecule has 1 aliphatic carbocycles. The van der Waals surface area contributed by atoms with Gasteiger partial charge in [0.2, 0.25) is 11.8 Å². The van der Waals surface area contributed by atoms with Gasteiger partial charge >= 0.3 is 6.30 Å². The summed E-state index contributed by atoms with van der Waals surface area (Å²) < 4.78 is 47.2. The molecule has 1 aromatic heterocycles. The van der Waals surface area contributed by atoms with Gasteiger partial charge in [-0.15, -0.1) is 13.2 Å². The Morgan fingerprint density at radius 1 is 1.09 bits per heavy atom. The molecule has 5 unspecified atom stereocenters. The Bertz CT molecular complexity index is 1510. The van der Waals surface area contributed by atoms with E-state index in [0.717, 1.165) is 30.9 Å². The molecule has 0 bridgehead atoms. The van der Waals surface area contributed by atoms with Crippen molar-refractivity contribution < 1.29 is 32.3 Å². The van der Waals surface area contributed by atoms with E-state index in [1.165, 1.54) is 6.07 Å². The van der Waals surface area contributed by atoms with Crippen LogP contribution in [0, 0.1) is 17.8 Å². The smallest absolute Gasteiger partial charge is 0.359 e. The molecule has 0 spiro atoms. The third-order valence-corrected chi connectivity index (χ3v) is 10.6. The third-order valence-electron chi connectivity index (χ3n) is 9.80. The third kappa shape index (κ3) is 6.68. The number of likely N-dealkylation sites (N-methyl/N-ethyl adjacent to an activating group) is 1. The van der Waals surface area contributed by atoms with Crippen molar-refractivity contribution in [2.75, 3.05) is 33.7 Å². The van der Waals surface area contributed by atoms with Crippen molar-refractivity contribution in [1.82, 2.24) is 24.6 Å². The first-order chi connectivity index (χ1) is 22.1. The second-order valence-corrected chi connectivity index (χ2v) is 15.1. The molecule has 6 atom stereocenters. The van der Waals surface area contributed by atoms with Gasteiger partial charge in [-0.05, 0) is 77.7 Å². The highest BCUT2D eigenvalue weighted by Gasteiger charge is 2.53. The average molecular weight is 727 g/mol. The molecular weight excluding hydrogens is 679 g/mol. The average Bonchev–Trinajstić information content (AvgIpc) is 3.69. The van der Waals surface area contributed by atoms with Crippen LogP contribution in [0.3, 0.4) is 0 Å². The van der Waals surface area contributed by atoms with Gasteiger partial charge in [-0.2, -0.15) is 0 Å². The van der Waals surface area contributed by atoms with Crippen molar-refractivity contribution in [3.63, 3.8) is 0 Å². The Labute approximate surface area is 283 Å². The molecule has 1 aromatic carbocycles.